The highest BCUT2D eigenvalue weighted by Crippen LogP contribution is 2.38. The minimum Gasteiger partial charge on any atom is -0.504 e. The van der Waals surface area contributed by atoms with Crippen LogP contribution in [0.5, 0.6) is 11.5 Å². The van der Waals surface area contributed by atoms with E-state index in [1.165, 1.54) is 11.8 Å². The fourth-order valence-electron chi connectivity index (χ4n) is 3.73. The van der Waals surface area contributed by atoms with Gasteiger partial charge >= 0.3 is 0 Å². The summed E-state index contributed by atoms with van der Waals surface area (Å²) in [5.74, 6) is 0.386. The summed E-state index contributed by atoms with van der Waals surface area (Å²) >= 11 is 1.35. The number of phenolic OH excluding ortho intramolecular Hbond substituents is 1. The number of rotatable bonds is 8. The fourth-order valence-corrected chi connectivity index (χ4v) is 4.72. The summed E-state index contributed by atoms with van der Waals surface area (Å²) in [6.45, 7) is 8.52. The molecule has 3 aromatic rings. The van der Waals surface area contributed by atoms with Gasteiger partial charge in [-0.15, -0.1) is 6.58 Å². The van der Waals surface area contributed by atoms with Crippen LogP contribution < -0.4 is 4.74 Å². The number of amidine groups is 1. The number of thioether (sulfide) groups is 1. The van der Waals surface area contributed by atoms with Crippen LogP contribution in [-0.2, 0) is 17.8 Å². The van der Waals surface area contributed by atoms with E-state index in [0.717, 1.165) is 22.4 Å². The van der Waals surface area contributed by atoms with Gasteiger partial charge in [-0.05, 0) is 73.5 Å². The number of hydrogen-bond acceptors (Lipinski definition) is 5. The number of aromatic hydroxyl groups is 1. The highest BCUT2D eigenvalue weighted by Gasteiger charge is 2.33. The maximum Gasteiger partial charge on any atom is 0.267 e. The van der Waals surface area contributed by atoms with Gasteiger partial charge in [0, 0.05) is 5.56 Å². The molecule has 1 heterocycles. The molecule has 0 aromatic heterocycles. The van der Waals surface area contributed by atoms with Crippen LogP contribution in [0.15, 0.2) is 89.3 Å². The van der Waals surface area contributed by atoms with E-state index in [1.54, 1.807) is 17.0 Å². The number of carbonyl (C=O) groups is 1. The standard InChI is InChI=1S/C29H28N2O3S/c1-4-9-23-16-22(17-25(27(23)32)34-5-2)18-26-28(33)31(19-21-10-7-6-8-11-21)29(35-26)30-24-14-12-20(3)13-15-24/h4,6-8,10-18,32H,1,5,9,19H2,2-3H3/b26-18-,30-29?. The molecule has 1 amide bonds. The van der Waals surface area contributed by atoms with Crippen molar-refractivity contribution in [2.24, 2.45) is 4.99 Å². The molecule has 1 fully saturated rings. The van der Waals surface area contributed by atoms with Crippen molar-refractivity contribution in [3.8, 4) is 11.5 Å². The topological polar surface area (TPSA) is 62.1 Å². The predicted octanol–water partition coefficient (Wildman–Crippen LogP) is 6.63. The van der Waals surface area contributed by atoms with Crippen molar-refractivity contribution in [2.45, 2.75) is 26.8 Å². The summed E-state index contributed by atoms with van der Waals surface area (Å²) in [6, 6.07) is 21.4. The molecule has 0 aliphatic carbocycles. The largest absolute Gasteiger partial charge is 0.504 e. The van der Waals surface area contributed by atoms with Crippen LogP contribution in [-0.4, -0.2) is 27.7 Å². The van der Waals surface area contributed by atoms with Gasteiger partial charge in [0.2, 0.25) is 0 Å². The number of aryl methyl sites for hydroxylation is 1. The van der Waals surface area contributed by atoms with E-state index in [4.69, 9.17) is 9.73 Å². The number of ether oxygens (including phenoxy) is 1. The third-order valence-electron chi connectivity index (χ3n) is 5.47. The van der Waals surface area contributed by atoms with Crippen LogP contribution >= 0.6 is 11.8 Å². The highest BCUT2D eigenvalue weighted by molar-refractivity contribution is 8.18. The number of hydrogen-bond donors (Lipinski definition) is 1. The number of amides is 1. The zero-order chi connectivity index (χ0) is 24.8. The van der Waals surface area contributed by atoms with E-state index >= 15 is 0 Å². The molecule has 3 aromatic carbocycles. The molecule has 6 heteroatoms. The first-order chi connectivity index (χ1) is 17.0. The Balaban J connectivity index is 1.73. The van der Waals surface area contributed by atoms with Crippen LogP contribution in [0.4, 0.5) is 5.69 Å². The molecule has 5 nitrogen and oxygen atoms in total. The van der Waals surface area contributed by atoms with E-state index in [-0.39, 0.29) is 11.7 Å². The molecule has 178 valence electrons. The highest BCUT2D eigenvalue weighted by atomic mass is 32.2. The monoisotopic (exact) mass is 484 g/mol. The lowest BCUT2D eigenvalue weighted by molar-refractivity contribution is -0.122. The normalized spacial score (nSPS) is 15.7. The number of phenols is 1. The Labute approximate surface area is 210 Å². The Hall–Kier alpha value is -3.77. The molecule has 1 aliphatic heterocycles. The van der Waals surface area contributed by atoms with Gasteiger partial charge in [-0.3, -0.25) is 9.69 Å². The molecule has 0 atom stereocenters. The third kappa shape index (κ3) is 5.84. The molecule has 0 radical (unpaired) electrons. The molecule has 35 heavy (non-hydrogen) atoms. The first-order valence-electron chi connectivity index (χ1n) is 11.5. The van der Waals surface area contributed by atoms with Crippen molar-refractivity contribution in [2.75, 3.05) is 6.61 Å². The lowest BCUT2D eigenvalue weighted by atomic mass is 10.1. The molecule has 0 unspecified atom stereocenters. The quantitative estimate of drug-likeness (QED) is 0.288. The van der Waals surface area contributed by atoms with Crippen molar-refractivity contribution < 1.29 is 14.6 Å². The Morgan fingerprint density at radius 3 is 2.54 bits per heavy atom. The van der Waals surface area contributed by atoms with Gasteiger partial charge in [-0.25, -0.2) is 4.99 Å². The molecule has 1 aliphatic rings. The first-order valence-corrected chi connectivity index (χ1v) is 12.3. The third-order valence-corrected chi connectivity index (χ3v) is 6.48. The van der Waals surface area contributed by atoms with Crippen molar-refractivity contribution in [3.63, 3.8) is 0 Å². The predicted molar refractivity (Wildman–Crippen MR) is 144 cm³/mol. The Morgan fingerprint density at radius 2 is 1.86 bits per heavy atom. The Kier molecular flexibility index (Phi) is 7.73. The second-order valence-electron chi connectivity index (χ2n) is 8.17. The Morgan fingerprint density at radius 1 is 1.11 bits per heavy atom. The maximum absolute atomic E-state index is 13.5. The summed E-state index contributed by atoms with van der Waals surface area (Å²) < 4.78 is 5.63. The molecular formula is C29H28N2O3S. The number of benzene rings is 3. The number of nitrogens with zero attached hydrogens (tertiary/aromatic N) is 2. The molecule has 0 saturated carbocycles. The number of aliphatic imine (C=N–C) groups is 1. The minimum absolute atomic E-state index is 0.103. The molecule has 0 spiro atoms. The SMILES string of the molecule is C=CCc1cc(/C=C2\SC(=Nc3ccc(C)cc3)N(Cc3ccccc3)C2=O)cc(OCC)c1O. The van der Waals surface area contributed by atoms with E-state index in [1.807, 2.05) is 80.6 Å². The second kappa shape index (κ2) is 11.1. The first kappa shape index (κ1) is 24.4. The van der Waals surface area contributed by atoms with Crippen molar-refractivity contribution >= 4 is 34.6 Å². The van der Waals surface area contributed by atoms with E-state index in [9.17, 15) is 9.90 Å². The summed E-state index contributed by atoms with van der Waals surface area (Å²) in [6.07, 6.45) is 4.05. The molecule has 4 rings (SSSR count). The minimum atomic E-state index is -0.110. The van der Waals surface area contributed by atoms with Crippen LogP contribution in [0.1, 0.15) is 29.2 Å². The van der Waals surface area contributed by atoms with Crippen LogP contribution in [0.2, 0.25) is 0 Å². The molecular weight excluding hydrogens is 456 g/mol. The van der Waals surface area contributed by atoms with Crippen LogP contribution in [0.3, 0.4) is 0 Å². The zero-order valence-corrected chi connectivity index (χ0v) is 20.7. The van der Waals surface area contributed by atoms with Crippen molar-refractivity contribution in [3.05, 3.63) is 107 Å². The zero-order valence-electron chi connectivity index (χ0n) is 19.9. The van der Waals surface area contributed by atoms with Gasteiger partial charge in [0.05, 0.1) is 23.7 Å². The maximum atomic E-state index is 13.5. The van der Waals surface area contributed by atoms with E-state index in [0.29, 0.717) is 41.0 Å². The van der Waals surface area contributed by atoms with E-state index in [2.05, 4.69) is 6.58 Å². The summed E-state index contributed by atoms with van der Waals surface area (Å²) in [7, 11) is 0. The average Bonchev–Trinajstić information content (AvgIpc) is 3.13. The Bertz CT molecular complexity index is 1280. The lowest BCUT2D eigenvalue weighted by Crippen LogP contribution is -2.28. The lowest BCUT2D eigenvalue weighted by Gasteiger charge is -2.15. The van der Waals surface area contributed by atoms with Gasteiger partial charge in [0.25, 0.3) is 5.91 Å². The molecule has 1 N–H and O–H groups in total. The van der Waals surface area contributed by atoms with Crippen LogP contribution in [0.25, 0.3) is 6.08 Å². The van der Waals surface area contributed by atoms with Crippen molar-refractivity contribution in [1.82, 2.24) is 4.90 Å². The van der Waals surface area contributed by atoms with Gasteiger partial charge < -0.3 is 9.84 Å². The van der Waals surface area contributed by atoms with Gasteiger partial charge in [-0.1, -0.05) is 54.1 Å². The molecule has 0 bridgehead atoms. The van der Waals surface area contributed by atoms with Crippen LogP contribution in [0, 0.1) is 6.92 Å². The summed E-state index contributed by atoms with van der Waals surface area (Å²) in [4.78, 5) is 20.6. The van der Waals surface area contributed by atoms with Crippen molar-refractivity contribution in [1.29, 1.82) is 0 Å². The smallest absolute Gasteiger partial charge is 0.267 e. The fraction of sp³-hybridized carbons (Fsp3) is 0.172. The van der Waals surface area contributed by atoms with Gasteiger partial charge in [0.15, 0.2) is 16.7 Å². The average molecular weight is 485 g/mol. The molecule has 1 saturated heterocycles. The van der Waals surface area contributed by atoms with Gasteiger partial charge in [0.1, 0.15) is 0 Å². The van der Waals surface area contributed by atoms with Gasteiger partial charge in [-0.2, -0.15) is 0 Å². The number of carbonyl (C=O) groups excluding carboxylic acids is 1. The number of allylic oxidation sites excluding steroid dienone is 1. The summed E-state index contributed by atoms with van der Waals surface area (Å²) in [5, 5.41) is 11.2. The summed E-state index contributed by atoms with van der Waals surface area (Å²) in [5.41, 5.74) is 4.44. The second-order valence-corrected chi connectivity index (χ2v) is 9.18. The van der Waals surface area contributed by atoms with E-state index < -0.39 is 0 Å².